The molecule has 0 radical (unpaired) electrons. The Kier molecular flexibility index (Phi) is 8.31. The Morgan fingerprint density at radius 2 is 0.857 bits per heavy atom. The quantitative estimate of drug-likeness (QED) is 0.581. The van der Waals surface area contributed by atoms with E-state index in [0.29, 0.717) is 0 Å². The van der Waals surface area contributed by atoms with E-state index >= 15 is 0 Å². The van der Waals surface area contributed by atoms with E-state index in [1.165, 1.54) is 24.3 Å². The van der Waals surface area contributed by atoms with Gasteiger partial charge in [-0.3, -0.25) is 0 Å². The van der Waals surface area contributed by atoms with Crippen LogP contribution < -0.4 is 0 Å². The Bertz CT molecular complexity index is 440. The van der Waals surface area contributed by atoms with Crippen LogP contribution in [0.3, 0.4) is 0 Å². The molecule has 0 heterocycles. The van der Waals surface area contributed by atoms with E-state index in [9.17, 15) is 16.8 Å². The molecule has 0 N–H and O–H groups in total. The maximum Gasteiger partial charge on any atom is 0.221 e. The molecule has 14 heavy (non-hydrogen) atoms. The topological polar surface area (TPSA) is 68.3 Å². The first-order chi connectivity index (χ1) is 5.61. The monoisotopic (exact) mass is 364 g/mol. The highest BCUT2D eigenvalue weighted by Gasteiger charge is 2.00. The molecule has 1 rings (SSSR count). The molecule has 0 saturated carbocycles. The van der Waals surface area contributed by atoms with Crippen LogP contribution in [0.4, 0.5) is 0 Å². The molecule has 0 unspecified atom stereocenters. The van der Waals surface area contributed by atoms with E-state index in [4.69, 9.17) is 0 Å². The van der Waals surface area contributed by atoms with E-state index in [-0.39, 0.29) is 43.7 Å². The van der Waals surface area contributed by atoms with Crippen molar-refractivity contribution in [3.63, 3.8) is 0 Å². The van der Waals surface area contributed by atoms with E-state index < -0.39 is 20.6 Å². The van der Waals surface area contributed by atoms with Gasteiger partial charge in [-0.25, -0.2) is 0 Å². The molecule has 1 aliphatic carbocycles. The van der Waals surface area contributed by atoms with Crippen LogP contribution in [0.1, 0.15) is 0 Å². The lowest BCUT2D eigenvalue weighted by atomic mass is 10.2. The first kappa shape index (κ1) is 16.3. The fraction of sp³-hybridized carbons (Fsp3) is 0. The maximum absolute atomic E-state index is 10.3. The van der Waals surface area contributed by atoms with Crippen molar-refractivity contribution in [1.29, 1.82) is 0 Å². The molecule has 0 aromatic carbocycles. The first-order valence-electron chi connectivity index (χ1n) is 2.90. The van der Waals surface area contributed by atoms with Crippen molar-refractivity contribution in [2.75, 3.05) is 0 Å². The minimum Gasteiger partial charge on any atom is -0.184 e. The molecule has 0 saturated heterocycles. The van der Waals surface area contributed by atoms with E-state index in [0.717, 1.165) is 0 Å². The SMILES string of the molecule is Br.Br.O=S(=O)=C1C=CC(=S(=O)=O)C=C1. The number of halogens is 2. The summed E-state index contributed by atoms with van der Waals surface area (Å²) in [5, 5.41) is 0. The van der Waals surface area contributed by atoms with Gasteiger partial charge in [0.2, 0.25) is 20.6 Å². The normalized spacial score (nSPS) is 12.9. The minimum atomic E-state index is -2.30. The standard InChI is InChI=1S/C6H4O4S2.2BrH/c7-11(8)5-1-2-6(4-3-5)12(9)10;;/h1-4H;2*1H. The van der Waals surface area contributed by atoms with Crippen LogP contribution in [0, 0.1) is 0 Å². The molecule has 0 spiro atoms. The Balaban J connectivity index is 0. The van der Waals surface area contributed by atoms with Gasteiger partial charge in [0.1, 0.15) is 0 Å². The molecular weight excluding hydrogens is 360 g/mol. The Morgan fingerprint density at radius 3 is 1.00 bits per heavy atom. The van der Waals surface area contributed by atoms with Crippen LogP contribution in [-0.4, -0.2) is 26.6 Å². The van der Waals surface area contributed by atoms with Gasteiger partial charge in [0, 0.05) is 0 Å². The minimum absolute atomic E-state index is 0. The molecular formula is C6H6Br2O4S2. The van der Waals surface area contributed by atoms with Crippen molar-refractivity contribution >= 4 is 64.3 Å². The smallest absolute Gasteiger partial charge is 0.184 e. The van der Waals surface area contributed by atoms with Crippen LogP contribution in [0.15, 0.2) is 24.3 Å². The molecule has 0 atom stereocenters. The average molecular weight is 366 g/mol. The Morgan fingerprint density at radius 1 is 0.643 bits per heavy atom. The van der Waals surface area contributed by atoms with E-state index in [2.05, 4.69) is 0 Å². The Labute approximate surface area is 105 Å². The summed E-state index contributed by atoms with van der Waals surface area (Å²) in [6.07, 6.45) is 4.92. The summed E-state index contributed by atoms with van der Waals surface area (Å²) >= 11 is 0. The maximum atomic E-state index is 10.3. The molecule has 0 aliphatic heterocycles. The largest absolute Gasteiger partial charge is 0.221 e. The van der Waals surface area contributed by atoms with Gasteiger partial charge in [0.05, 0.1) is 9.73 Å². The molecule has 0 aromatic rings. The van der Waals surface area contributed by atoms with Crippen molar-refractivity contribution in [3.05, 3.63) is 24.3 Å². The summed E-state index contributed by atoms with van der Waals surface area (Å²) < 4.78 is 41.3. The van der Waals surface area contributed by atoms with Gasteiger partial charge in [-0.05, 0) is 24.3 Å². The zero-order chi connectivity index (χ0) is 9.14. The van der Waals surface area contributed by atoms with Crippen LogP contribution >= 0.6 is 34.0 Å². The molecule has 0 bridgehead atoms. The van der Waals surface area contributed by atoms with Crippen LogP contribution in [0.5, 0.6) is 0 Å². The van der Waals surface area contributed by atoms with E-state index in [1.807, 2.05) is 0 Å². The van der Waals surface area contributed by atoms with Gasteiger partial charge < -0.3 is 0 Å². The summed E-state index contributed by atoms with van der Waals surface area (Å²) in [6, 6.07) is 0. The first-order valence-corrected chi connectivity index (χ1v) is 5.05. The zero-order valence-corrected chi connectivity index (χ0v) is 11.6. The van der Waals surface area contributed by atoms with Gasteiger partial charge in [-0.15, -0.1) is 34.0 Å². The number of hydrogen-bond donors (Lipinski definition) is 0. The van der Waals surface area contributed by atoms with Crippen molar-refractivity contribution in [2.45, 2.75) is 0 Å². The Hall–Kier alpha value is -0.180. The number of allylic oxidation sites excluding steroid dienone is 4. The summed E-state index contributed by atoms with van der Waals surface area (Å²) in [4.78, 5) is 0.147. The lowest BCUT2D eigenvalue weighted by molar-refractivity contribution is 0.625. The number of hydrogen-bond acceptors (Lipinski definition) is 4. The predicted octanol–water partition coefficient (Wildman–Crippen LogP) is 0.371. The highest BCUT2D eigenvalue weighted by atomic mass is 79.9. The van der Waals surface area contributed by atoms with Crippen molar-refractivity contribution < 1.29 is 16.8 Å². The molecule has 0 aromatic heterocycles. The third-order valence-corrected chi connectivity index (χ3v) is 2.52. The van der Waals surface area contributed by atoms with Gasteiger partial charge in [-0.2, -0.15) is 16.8 Å². The molecule has 0 fully saturated rings. The number of rotatable bonds is 0. The van der Waals surface area contributed by atoms with Gasteiger partial charge in [-0.1, -0.05) is 0 Å². The second-order valence-electron chi connectivity index (χ2n) is 1.94. The zero-order valence-electron chi connectivity index (χ0n) is 6.58. The summed E-state index contributed by atoms with van der Waals surface area (Å²) in [5.74, 6) is 0. The third-order valence-electron chi connectivity index (χ3n) is 1.21. The summed E-state index contributed by atoms with van der Waals surface area (Å²) in [5.41, 5.74) is 0. The van der Waals surface area contributed by atoms with Crippen LogP contribution in [-0.2, 0) is 20.6 Å². The van der Waals surface area contributed by atoms with E-state index in [1.54, 1.807) is 0 Å². The summed E-state index contributed by atoms with van der Waals surface area (Å²) in [7, 11) is -4.60. The summed E-state index contributed by atoms with van der Waals surface area (Å²) in [6.45, 7) is 0. The van der Waals surface area contributed by atoms with Crippen LogP contribution in [0.25, 0.3) is 0 Å². The van der Waals surface area contributed by atoms with Gasteiger partial charge in [0.15, 0.2) is 0 Å². The average Bonchev–Trinajstić information content (AvgIpc) is 2.04. The fourth-order valence-corrected chi connectivity index (χ4v) is 1.38. The highest BCUT2D eigenvalue weighted by Crippen LogP contribution is 1.94. The lowest BCUT2D eigenvalue weighted by Crippen LogP contribution is -2.01. The highest BCUT2D eigenvalue weighted by molar-refractivity contribution is 8.93. The third kappa shape index (κ3) is 4.36. The molecule has 0 amide bonds. The second kappa shape index (κ2) is 7.16. The van der Waals surface area contributed by atoms with Gasteiger partial charge >= 0.3 is 0 Å². The fourth-order valence-electron chi connectivity index (χ4n) is 0.662. The van der Waals surface area contributed by atoms with Crippen molar-refractivity contribution in [2.24, 2.45) is 0 Å². The van der Waals surface area contributed by atoms with Crippen LogP contribution in [0.2, 0.25) is 0 Å². The molecule has 8 heteroatoms. The van der Waals surface area contributed by atoms with Gasteiger partial charge in [0.25, 0.3) is 0 Å². The van der Waals surface area contributed by atoms with Crippen molar-refractivity contribution in [3.8, 4) is 0 Å². The molecule has 4 nitrogen and oxygen atoms in total. The predicted molar refractivity (Wildman–Crippen MR) is 66.8 cm³/mol. The molecule has 80 valence electrons. The van der Waals surface area contributed by atoms with Crippen molar-refractivity contribution in [1.82, 2.24) is 0 Å². The second-order valence-corrected chi connectivity index (χ2v) is 3.82. The molecule has 1 aliphatic rings. The lowest BCUT2D eigenvalue weighted by Gasteiger charge is -1.92.